The quantitative estimate of drug-likeness (QED) is 0.809. The Kier molecular flexibility index (Phi) is 4.59. The first kappa shape index (κ1) is 15.2. The van der Waals surface area contributed by atoms with Gasteiger partial charge in [-0.25, -0.2) is 17.7 Å². The van der Waals surface area contributed by atoms with Crippen LogP contribution in [-0.4, -0.2) is 69.3 Å². The number of sulfonamides is 1. The maximum absolute atomic E-state index is 12.0. The molecule has 1 unspecified atom stereocenters. The maximum atomic E-state index is 12.0. The van der Waals surface area contributed by atoms with Crippen molar-refractivity contribution in [3.05, 3.63) is 18.3 Å². The van der Waals surface area contributed by atoms with Gasteiger partial charge in [-0.3, -0.25) is 0 Å². The van der Waals surface area contributed by atoms with Crippen LogP contribution in [-0.2, 0) is 14.8 Å². The zero-order valence-electron chi connectivity index (χ0n) is 11.6. The SMILES string of the molecule is CN(C)S(=O)(=O)c1ccc(N2CCOCC2CO)nc1. The highest BCUT2D eigenvalue weighted by atomic mass is 32.2. The van der Waals surface area contributed by atoms with Crippen molar-refractivity contribution in [2.24, 2.45) is 0 Å². The Labute approximate surface area is 118 Å². The van der Waals surface area contributed by atoms with Crippen LogP contribution < -0.4 is 4.90 Å². The van der Waals surface area contributed by atoms with E-state index >= 15 is 0 Å². The highest BCUT2D eigenvalue weighted by molar-refractivity contribution is 7.89. The third-order valence-corrected chi connectivity index (χ3v) is 5.03. The summed E-state index contributed by atoms with van der Waals surface area (Å²) in [6, 6.07) is 3.04. The number of anilines is 1. The van der Waals surface area contributed by atoms with E-state index in [1.165, 1.54) is 26.4 Å². The van der Waals surface area contributed by atoms with E-state index in [4.69, 9.17) is 4.74 Å². The van der Waals surface area contributed by atoms with Gasteiger partial charge in [0.25, 0.3) is 0 Å². The zero-order chi connectivity index (χ0) is 14.8. The summed E-state index contributed by atoms with van der Waals surface area (Å²) < 4.78 is 30.4. The molecule has 1 aromatic heterocycles. The number of aliphatic hydroxyl groups is 1. The van der Waals surface area contributed by atoms with Gasteiger partial charge in [-0.15, -0.1) is 0 Å². The highest BCUT2D eigenvalue weighted by Crippen LogP contribution is 2.20. The molecular formula is C12H19N3O4S. The summed E-state index contributed by atoms with van der Waals surface area (Å²) >= 11 is 0. The highest BCUT2D eigenvalue weighted by Gasteiger charge is 2.24. The number of rotatable bonds is 4. The van der Waals surface area contributed by atoms with Gasteiger partial charge >= 0.3 is 0 Å². The van der Waals surface area contributed by atoms with Crippen LogP contribution in [0.2, 0.25) is 0 Å². The molecular weight excluding hydrogens is 282 g/mol. The minimum absolute atomic E-state index is 0.0283. The van der Waals surface area contributed by atoms with Gasteiger partial charge in [-0.2, -0.15) is 0 Å². The van der Waals surface area contributed by atoms with Crippen LogP contribution >= 0.6 is 0 Å². The number of pyridine rings is 1. The second-order valence-corrected chi connectivity index (χ2v) is 6.90. The van der Waals surface area contributed by atoms with Crippen LogP contribution in [0.4, 0.5) is 5.82 Å². The van der Waals surface area contributed by atoms with E-state index in [2.05, 4.69) is 4.98 Å². The normalized spacial score (nSPS) is 20.4. The summed E-state index contributed by atoms with van der Waals surface area (Å²) in [5, 5.41) is 9.33. The van der Waals surface area contributed by atoms with Crippen LogP contribution in [0.5, 0.6) is 0 Å². The minimum atomic E-state index is -3.47. The van der Waals surface area contributed by atoms with Crippen LogP contribution in [0.25, 0.3) is 0 Å². The molecule has 2 rings (SSSR count). The summed E-state index contributed by atoms with van der Waals surface area (Å²) in [5.74, 6) is 0.644. The predicted octanol–water partition coefficient (Wildman–Crippen LogP) is -0.471. The molecule has 1 saturated heterocycles. The topological polar surface area (TPSA) is 83.0 Å². The molecule has 0 radical (unpaired) electrons. The van der Waals surface area contributed by atoms with Gasteiger partial charge in [0.05, 0.1) is 25.9 Å². The molecule has 0 amide bonds. The van der Waals surface area contributed by atoms with Crippen LogP contribution in [0.1, 0.15) is 0 Å². The number of nitrogens with zero attached hydrogens (tertiary/aromatic N) is 3. The maximum Gasteiger partial charge on any atom is 0.244 e. The van der Waals surface area contributed by atoms with E-state index in [9.17, 15) is 13.5 Å². The molecule has 0 aromatic carbocycles. The summed E-state index contributed by atoms with van der Waals surface area (Å²) in [6.45, 7) is 1.60. The van der Waals surface area contributed by atoms with Crippen molar-refractivity contribution in [3.8, 4) is 0 Å². The van der Waals surface area contributed by atoms with Gasteiger partial charge in [-0.1, -0.05) is 0 Å². The first-order valence-corrected chi connectivity index (χ1v) is 7.74. The Bertz CT molecular complexity index is 544. The van der Waals surface area contributed by atoms with Crippen molar-refractivity contribution in [2.45, 2.75) is 10.9 Å². The number of ether oxygens (including phenoxy) is 1. The van der Waals surface area contributed by atoms with Gasteiger partial charge < -0.3 is 14.7 Å². The lowest BCUT2D eigenvalue weighted by Crippen LogP contribution is -2.48. The number of hydrogen-bond acceptors (Lipinski definition) is 6. The van der Waals surface area contributed by atoms with E-state index in [-0.39, 0.29) is 17.5 Å². The lowest BCUT2D eigenvalue weighted by Gasteiger charge is -2.35. The zero-order valence-corrected chi connectivity index (χ0v) is 12.4. The third-order valence-electron chi connectivity index (χ3n) is 3.23. The van der Waals surface area contributed by atoms with E-state index in [0.717, 1.165) is 4.31 Å². The fourth-order valence-electron chi connectivity index (χ4n) is 2.01. The van der Waals surface area contributed by atoms with Gasteiger partial charge in [0.15, 0.2) is 0 Å². The molecule has 0 aliphatic carbocycles. The Morgan fingerprint density at radius 2 is 2.25 bits per heavy atom. The molecule has 2 heterocycles. The Hall–Kier alpha value is -1.22. The molecule has 1 fully saturated rings. The van der Waals surface area contributed by atoms with Gasteiger partial charge in [0.1, 0.15) is 10.7 Å². The second kappa shape index (κ2) is 6.04. The average Bonchev–Trinajstić information content (AvgIpc) is 2.47. The van der Waals surface area contributed by atoms with Gasteiger partial charge in [0.2, 0.25) is 10.0 Å². The van der Waals surface area contributed by atoms with E-state index < -0.39 is 10.0 Å². The molecule has 0 spiro atoms. The number of aliphatic hydroxyl groups excluding tert-OH is 1. The Balaban J connectivity index is 2.24. The largest absolute Gasteiger partial charge is 0.394 e. The molecule has 0 saturated carbocycles. The molecule has 1 aliphatic heterocycles. The smallest absolute Gasteiger partial charge is 0.244 e. The van der Waals surface area contributed by atoms with Crippen molar-refractivity contribution in [3.63, 3.8) is 0 Å². The molecule has 1 N–H and O–H groups in total. The lowest BCUT2D eigenvalue weighted by molar-refractivity contribution is 0.0723. The standard InChI is InChI=1S/C12H19N3O4S/c1-14(2)20(17,18)11-3-4-12(13-7-11)15-5-6-19-9-10(15)8-16/h3-4,7,10,16H,5-6,8-9H2,1-2H3. The van der Waals surface area contributed by atoms with Crippen LogP contribution in [0, 0.1) is 0 Å². The predicted molar refractivity (Wildman–Crippen MR) is 74.1 cm³/mol. The summed E-state index contributed by atoms with van der Waals surface area (Å²) in [4.78, 5) is 6.28. The van der Waals surface area contributed by atoms with Crippen molar-refractivity contribution in [1.29, 1.82) is 0 Å². The first-order chi connectivity index (χ1) is 9.46. The number of morpholine rings is 1. The summed E-state index contributed by atoms with van der Waals surface area (Å²) in [6.07, 6.45) is 1.34. The monoisotopic (exact) mass is 301 g/mol. The van der Waals surface area contributed by atoms with Crippen LogP contribution in [0.15, 0.2) is 23.2 Å². The third kappa shape index (κ3) is 2.93. The fraction of sp³-hybridized carbons (Fsp3) is 0.583. The van der Waals surface area contributed by atoms with Crippen molar-refractivity contribution in [1.82, 2.24) is 9.29 Å². The lowest BCUT2D eigenvalue weighted by atomic mass is 10.2. The number of aromatic nitrogens is 1. The fourth-order valence-corrected chi connectivity index (χ4v) is 2.86. The molecule has 7 nitrogen and oxygen atoms in total. The molecule has 1 aromatic rings. The van der Waals surface area contributed by atoms with E-state index in [0.29, 0.717) is 25.6 Å². The van der Waals surface area contributed by atoms with E-state index in [1.54, 1.807) is 6.07 Å². The van der Waals surface area contributed by atoms with Gasteiger partial charge in [-0.05, 0) is 12.1 Å². The summed E-state index contributed by atoms with van der Waals surface area (Å²) in [5.41, 5.74) is 0. The molecule has 8 heteroatoms. The molecule has 0 bridgehead atoms. The Morgan fingerprint density at radius 1 is 1.50 bits per heavy atom. The second-order valence-electron chi connectivity index (χ2n) is 4.74. The average molecular weight is 301 g/mol. The number of hydrogen-bond donors (Lipinski definition) is 1. The van der Waals surface area contributed by atoms with Crippen molar-refractivity contribution >= 4 is 15.8 Å². The molecule has 1 aliphatic rings. The Morgan fingerprint density at radius 3 is 2.80 bits per heavy atom. The molecule has 112 valence electrons. The van der Waals surface area contributed by atoms with Crippen molar-refractivity contribution in [2.75, 3.05) is 45.4 Å². The first-order valence-electron chi connectivity index (χ1n) is 6.30. The van der Waals surface area contributed by atoms with Crippen LogP contribution in [0.3, 0.4) is 0 Å². The molecule has 20 heavy (non-hydrogen) atoms. The molecule has 1 atom stereocenters. The van der Waals surface area contributed by atoms with Gasteiger partial charge in [0, 0.05) is 26.8 Å². The minimum Gasteiger partial charge on any atom is -0.394 e. The summed E-state index contributed by atoms with van der Waals surface area (Å²) in [7, 11) is -0.507. The van der Waals surface area contributed by atoms with Crippen molar-refractivity contribution < 1.29 is 18.3 Å². The van der Waals surface area contributed by atoms with E-state index in [1.807, 2.05) is 4.90 Å².